The lowest BCUT2D eigenvalue weighted by Crippen LogP contribution is -2.56. The summed E-state index contributed by atoms with van der Waals surface area (Å²) in [4.78, 5) is 41.8. The number of amides is 3. The van der Waals surface area contributed by atoms with Gasteiger partial charge in [0.15, 0.2) is 5.60 Å². The van der Waals surface area contributed by atoms with Gasteiger partial charge in [-0.15, -0.1) is 0 Å². The number of benzene rings is 1. The van der Waals surface area contributed by atoms with Crippen LogP contribution in [-0.2, 0) is 15.8 Å². The molecule has 0 bridgehead atoms. The van der Waals surface area contributed by atoms with E-state index in [9.17, 15) is 32.7 Å². The third kappa shape index (κ3) is 6.24. The number of aliphatic hydroxyl groups is 1. The van der Waals surface area contributed by atoms with Gasteiger partial charge in [0, 0.05) is 44.6 Å². The number of carbonyl (C=O) groups excluding carboxylic acids is 3. The van der Waals surface area contributed by atoms with Crippen LogP contribution in [0.25, 0.3) is 0 Å². The maximum Gasteiger partial charge on any atom is 0.417 e. The molecule has 1 atom stereocenters. The van der Waals surface area contributed by atoms with Crippen LogP contribution in [0.15, 0.2) is 12.1 Å². The minimum absolute atomic E-state index is 0.0277. The fourth-order valence-electron chi connectivity index (χ4n) is 5.30. The molecule has 3 amide bonds. The van der Waals surface area contributed by atoms with E-state index in [1.165, 1.54) is 16.7 Å². The highest BCUT2D eigenvalue weighted by atomic mass is 19.4. The minimum atomic E-state index is -4.85. The molecule has 1 fully saturated rings. The fourth-order valence-corrected chi connectivity index (χ4v) is 5.30. The van der Waals surface area contributed by atoms with Crippen LogP contribution in [0.4, 0.5) is 18.9 Å². The Kier molecular flexibility index (Phi) is 9.33. The van der Waals surface area contributed by atoms with Gasteiger partial charge in [-0.25, -0.2) is 0 Å². The first-order chi connectivity index (χ1) is 17.8. The van der Waals surface area contributed by atoms with Gasteiger partial charge in [-0.1, -0.05) is 26.2 Å². The van der Waals surface area contributed by atoms with Gasteiger partial charge in [-0.2, -0.15) is 13.2 Å². The molecule has 1 aromatic rings. The van der Waals surface area contributed by atoms with E-state index in [-0.39, 0.29) is 55.4 Å². The van der Waals surface area contributed by atoms with E-state index >= 15 is 0 Å². The van der Waals surface area contributed by atoms with Crippen molar-refractivity contribution in [3.63, 3.8) is 0 Å². The number of nitrogens with one attached hydrogen (secondary N) is 1. The molecule has 0 unspecified atom stereocenters. The van der Waals surface area contributed by atoms with Gasteiger partial charge >= 0.3 is 6.18 Å². The summed E-state index contributed by atoms with van der Waals surface area (Å²) in [6.45, 7) is 6.23. The summed E-state index contributed by atoms with van der Waals surface area (Å²) >= 11 is 0. The van der Waals surface area contributed by atoms with E-state index in [0.717, 1.165) is 44.2 Å². The van der Waals surface area contributed by atoms with Gasteiger partial charge in [0.25, 0.3) is 11.8 Å². The van der Waals surface area contributed by atoms with Crippen LogP contribution in [0.2, 0.25) is 0 Å². The van der Waals surface area contributed by atoms with Crippen LogP contribution in [0.5, 0.6) is 5.75 Å². The lowest BCUT2D eigenvalue weighted by atomic mass is 9.91. The molecule has 11 heteroatoms. The maximum absolute atomic E-state index is 14.3. The molecule has 38 heavy (non-hydrogen) atoms. The Hall–Kier alpha value is -2.82. The van der Waals surface area contributed by atoms with Gasteiger partial charge in [-0.05, 0) is 45.7 Å². The normalized spacial score (nSPS) is 20.2. The zero-order valence-corrected chi connectivity index (χ0v) is 22.5. The molecular formula is C27H38F3N3O5. The summed E-state index contributed by atoms with van der Waals surface area (Å²) in [5.74, 6) is -1.76. The fraction of sp³-hybridized carbons (Fsp3) is 0.667. The predicted molar refractivity (Wildman–Crippen MR) is 136 cm³/mol. The molecule has 1 aliphatic carbocycles. The average Bonchev–Trinajstić information content (AvgIpc) is 2.85. The van der Waals surface area contributed by atoms with Crippen LogP contribution in [0.3, 0.4) is 0 Å². The van der Waals surface area contributed by atoms with E-state index in [0.29, 0.717) is 0 Å². The lowest BCUT2D eigenvalue weighted by Gasteiger charge is -2.42. The molecule has 1 aromatic carbocycles. The van der Waals surface area contributed by atoms with Gasteiger partial charge in [-0.3, -0.25) is 14.4 Å². The first-order valence-corrected chi connectivity index (χ1v) is 13.3. The van der Waals surface area contributed by atoms with Crippen LogP contribution in [-0.4, -0.2) is 65.1 Å². The second-order valence-corrected chi connectivity index (χ2v) is 10.4. The zero-order chi connectivity index (χ0) is 28.3. The van der Waals surface area contributed by atoms with Crippen molar-refractivity contribution in [3.05, 3.63) is 23.3 Å². The molecule has 8 nitrogen and oxygen atoms in total. The topological polar surface area (TPSA) is 99.2 Å². The molecule has 0 aromatic heterocycles. The number of carbonyl (C=O) groups is 3. The van der Waals surface area contributed by atoms with Crippen LogP contribution in [0.1, 0.15) is 88.6 Å². The number of hydrogen-bond acceptors (Lipinski definition) is 5. The average molecular weight is 542 g/mol. The van der Waals surface area contributed by atoms with Crippen molar-refractivity contribution >= 4 is 23.4 Å². The Morgan fingerprint density at radius 3 is 2.45 bits per heavy atom. The predicted octanol–water partition coefficient (Wildman–Crippen LogP) is 4.28. The van der Waals surface area contributed by atoms with Crippen molar-refractivity contribution in [2.75, 3.05) is 24.6 Å². The summed E-state index contributed by atoms with van der Waals surface area (Å²) in [5, 5.41) is 12.2. The van der Waals surface area contributed by atoms with Crippen LogP contribution >= 0.6 is 0 Å². The highest BCUT2D eigenvalue weighted by Crippen LogP contribution is 2.45. The van der Waals surface area contributed by atoms with Crippen molar-refractivity contribution in [2.24, 2.45) is 0 Å². The summed E-state index contributed by atoms with van der Waals surface area (Å²) in [7, 11) is 0. The quantitative estimate of drug-likeness (QED) is 0.486. The van der Waals surface area contributed by atoms with Gasteiger partial charge in [0.05, 0.1) is 16.8 Å². The highest BCUT2D eigenvalue weighted by Gasteiger charge is 2.47. The number of nitrogens with zero attached hydrogens (tertiary/aromatic N) is 2. The minimum Gasteiger partial charge on any atom is -0.475 e. The molecule has 1 aliphatic heterocycles. The SMILES string of the molecule is CCC(=O)NCCN1C(=O)[C@](C)(CCO)Oc2cc(C(F)(F)F)c(C(=O)N(C(C)C)C3CCCCC3)cc21. The number of hydrogen-bond donors (Lipinski definition) is 2. The van der Waals surface area contributed by atoms with E-state index in [4.69, 9.17) is 4.74 Å². The number of aliphatic hydroxyl groups excluding tert-OH is 1. The molecule has 3 rings (SSSR count). The summed E-state index contributed by atoms with van der Waals surface area (Å²) in [5.41, 5.74) is -3.26. The molecule has 0 radical (unpaired) electrons. The molecule has 1 saturated carbocycles. The summed E-state index contributed by atoms with van der Waals surface area (Å²) in [6.07, 6.45) is -0.488. The van der Waals surface area contributed by atoms with E-state index in [2.05, 4.69) is 5.32 Å². The summed E-state index contributed by atoms with van der Waals surface area (Å²) < 4.78 is 48.8. The first kappa shape index (κ1) is 29.7. The molecule has 0 spiro atoms. The van der Waals surface area contributed by atoms with E-state index in [1.807, 2.05) is 0 Å². The van der Waals surface area contributed by atoms with Gasteiger partial charge < -0.3 is 25.0 Å². The number of rotatable bonds is 9. The second-order valence-electron chi connectivity index (χ2n) is 10.4. The Balaban J connectivity index is 2.13. The zero-order valence-electron chi connectivity index (χ0n) is 22.5. The Morgan fingerprint density at radius 1 is 1.24 bits per heavy atom. The molecule has 0 saturated heterocycles. The molecule has 2 N–H and O–H groups in total. The smallest absolute Gasteiger partial charge is 0.417 e. The Bertz CT molecular complexity index is 1040. The van der Waals surface area contributed by atoms with Crippen molar-refractivity contribution in [1.82, 2.24) is 10.2 Å². The largest absolute Gasteiger partial charge is 0.475 e. The Labute approximate surface area is 221 Å². The van der Waals surface area contributed by atoms with Crippen LogP contribution in [0, 0.1) is 0 Å². The number of anilines is 1. The van der Waals surface area contributed by atoms with Crippen LogP contribution < -0.4 is 15.0 Å². The van der Waals surface area contributed by atoms with Crippen molar-refractivity contribution in [1.29, 1.82) is 0 Å². The van der Waals surface area contributed by atoms with Crippen molar-refractivity contribution < 1.29 is 37.4 Å². The third-order valence-corrected chi connectivity index (χ3v) is 7.28. The van der Waals surface area contributed by atoms with Crippen molar-refractivity contribution in [2.45, 2.75) is 96.5 Å². The van der Waals surface area contributed by atoms with E-state index in [1.54, 1.807) is 20.8 Å². The lowest BCUT2D eigenvalue weighted by molar-refractivity contribution is -0.138. The number of halogens is 3. The third-order valence-electron chi connectivity index (χ3n) is 7.28. The van der Waals surface area contributed by atoms with Crippen molar-refractivity contribution in [3.8, 4) is 5.75 Å². The molecule has 1 heterocycles. The monoisotopic (exact) mass is 541 g/mol. The summed E-state index contributed by atoms with van der Waals surface area (Å²) in [6, 6.07) is 1.38. The number of fused-ring (bicyclic) bond motifs is 1. The van der Waals surface area contributed by atoms with E-state index < -0.39 is 41.3 Å². The highest BCUT2D eigenvalue weighted by molar-refractivity contribution is 6.05. The maximum atomic E-state index is 14.3. The first-order valence-electron chi connectivity index (χ1n) is 13.3. The standard InChI is InChI=1S/C27H38F3N3O5/c1-5-23(35)31-12-13-32-21-15-19(24(36)33(17(2)3)18-9-7-6-8-10-18)20(27(28,29)30)16-22(21)38-26(4,11-14-34)25(32)37/h15-18,34H,5-14H2,1-4H3,(H,31,35)/t26-/m0/s1. The molecule has 212 valence electrons. The van der Waals surface area contributed by atoms with Gasteiger partial charge in [0.2, 0.25) is 5.91 Å². The molecule has 2 aliphatic rings. The second kappa shape index (κ2) is 11.9. The molecular weight excluding hydrogens is 503 g/mol. The number of ether oxygens (including phenoxy) is 1. The van der Waals surface area contributed by atoms with Gasteiger partial charge in [0.1, 0.15) is 5.75 Å². The number of alkyl halides is 3. The Morgan fingerprint density at radius 2 is 1.89 bits per heavy atom.